The summed E-state index contributed by atoms with van der Waals surface area (Å²) >= 11 is 0. The van der Waals surface area contributed by atoms with E-state index in [0.29, 0.717) is 23.7 Å². The largest absolute Gasteiger partial charge is 0.497 e. The van der Waals surface area contributed by atoms with Gasteiger partial charge in [-0.15, -0.1) is 0 Å². The van der Waals surface area contributed by atoms with Crippen LogP contribution in [-0.2, 0) is 0 Å². The van der Waals surface area contributed by atoms with Crippen LogP contribution in [0.2, 0.25) is 0 Å². The maximum atomic E-state index is 10.5. The van der Waals surface area contributed by atoms with E-state index in [-0.39, 0.29) is 12.7 Å². The minimum Gasteiger partial charge on any atom is -0.497 e. The first-order chi connectivity index (χ1) is 11.1. The molecule has 5 nitrogen and oxygen atoms in total. The molecule has 0 saturated heterocycles. The Kier molecular flexibility index (Phi) is 3.13. The molecule has 23 heavy (non-hydrogen) atoms. The van der Waals surface area contributed by atoms with Gasteiger partial charge in [0.2, 0.25) is 12.6 Å². The van der Waals surface area contributed by atoms with E-state index in [9.17, 15) is 5.11 Å². The van der Waals surface area contributed by atoms with E-state index in [0.717, 1.165) is 16.9 Å². The van der Waals surface area contributed by atoms with Crippen molar-refractivity contribution in [2.24, 2.45) is 0 Å². The number of rotatable bonds is 2. The van der Waals surface area contributed by atoms with Gasteiger partial charge in [-0.1, -0.05) is 12.1 Å². The zero-order valence-electron chi connectivity index (χ0n) is 13.0. The zero-order chi connectivity index (χ0) is 16.0. The van der Waals surface area contributed by atoms with Crippen LogP contribution in [0.3, 0.4) is 0 Å². The van der Waals surface area contributed by atoms with Crippen LogP contribution in [0, 0.1) is 0 Å². The summed E-state index contributed by atoms with van der Waals surface area (Å²) in [6, 6.07) is 11.6. The second-order valence-electron chi connectivity index (χ2n) is 6.05. The van der Waals surface area contributed by atoms with Gasteiger partial charge in [0.1, 0.15) is 11.5 Å². The normalized spacial score (nSPS) is 24.7. The lowest BCUT2D eigenvalue weighted by molar-refractivity contribution is -0.137. The molecule has 0 amide bonds. The number of aliphatic hydroxyl groups is 1. The number of hydrogen-bond acceptors (Lipinski definition) is 5. The molecule has 0 fully saturated rings. The molecular formula is C18H18O5. The molecule has 5 heteroatoms. The summed E-state index contributed by atoms with van der Waals surface area (Å²) in [4.78, 5) is 0. The van der Waals surface area contributed by atoms with Crippen molar-refractivity contribution in [3.05, 3.63) is 47.5 Å². The van der Waals surface area contributed by atoms with Gasteiger partial charge in [0.15, 0.2) is 11.5 Å². The molecule has 2 aromatic rings. The number of ether oxygens (including phenoxy) is 4. The summed E-state index contributed by atoms with van der Waals surface area (Å²) in [5.41, 5.74) is 2.04. The topological polar surface area (TPSA) is 57.2 Å². The first kappa shape index (κ1) is 14.2. The molecule has 120 valence electrons. The number of methoxy groups -OCH3 is 1. The average molecular weight is 314 g/mol. The molecule has 0 unspecified atom stereocenters. The Balaban J connectivity index is 1.84. The third-order valence-corrected chi connectivity index (χ3v) is 4.29. The van der Waals surface area contributed by atoms with Gasteiger partial charge in [-0.3, -0.25) is 0 Å². The molecule has 1 N–H and O–H groups in total. The standard InChI is InChI=1S/C18H18O5/c1-18(19)9-14(11-4-3-5-12(6-11)20-2)13-7-16-17(22-10-21-16)8-15(13)23-18/h3-8,14,19H,9-10H2,1-2H3/t14-,18+/m1/s1. The molecule has 2 aliphatic heterocycles. The highest BCUT2D eigenvalue weighted by Crippen LogP contribution is 2.49. The Morgan fingerprint density at radius 3 is 2.70 bits per heavy atom. The summed E-state index contributed by atoms with van der Waals surface area (Å²) in [5.74, 6) is 1.51. The first-order valence-electron chi connectivity index (χ1n) is 7.55. The molecule has 2 heterocycles. The van der Waals surface area contributed by atoms with Crippen molar-refractivity contribution >= 4 is 0 Å². The highest BCUT2D eigenvalue weighted by molar-refractivity contribution is 5.56. The maximum absolute atomic E-state index is 10.5. The molecule has 2 atom stereocenters. The van der Waals surface area contributed by atoms with Gasteiger partial charge in [0, 0.05) is 30.9 Å². The van der Waals surface area contributed by atoms with Gasteiger partial charge >= 0.3 is 0 Å². The van der Waals surface area contributed by atoms with E-state index in [1.165, 1.54) is 0 Å². The van der Waals surface area contributed by atoms with Crippen LogP contribution < -0.4 is 18.9 Å². The molecule has 0 aromatic heterocycles. The summed E-state index contributed by atoms with van der Waals surface area (Å²) in [6.45, 7) is 1.88. The summed E-state index contributed by atoms with van der Waals surface area (Å²) in [7, 11) is 1.64. The second-order valence-corrected chi connectivity index (χ2v) is 6.05. The van der Waals surface area contributed by atoms with E-state index < -0.39 is 5.79 Å². The lowest BCUT2D eigenvalue weighted by Gasteiger charge is -2.36. The molecule has 0 saturated carbocycles. The van der Waals surface area contributed by atoms with Crippen LogP contribution in [0.1, 0.15) is 30.4 Å². The summed E-state index contributed by atoms with van der Waals surface area (Å²) < 4.78 is 21.9. The fourth-order valence-electron chi connectivity index (χ4n) is 3.22. The van der Waals surface area contributed by atoms with E-state index in [1.807, 2.05) is 30.3 Å². The van der Waals surface area contributed by atoms with Crippen LogP contribution in [0.25, 0.3) is 0 Å². The SMILES string of the molecule is COc1cccc([C@H]2C[C@@](C)(O)Oc3cc4c(cc32)OCO4)c1. The van der Waals surface area contributed by atoms with E-state index in [2.05, 4.69) is 0 Å². The van der Waals surface area contributed by atoms with Crippen molar-refractivity contribution < 1.29 is 24.1 Å². The molecule has 0 bridgehead atoms. The summed E-state index contributed by atoms with van der Waals surface area (Å²) in [5, 5.41) is 10.5. The minimum atomic E-state index is -1.24. The van der Waals surface area contributed by atoms with E-state index in [1.54, 1.807) is 20.1 Å². The minimum absolute atomic E-state index is 0.0154. The van der Waals surface area contributed by atoms with Crippen molar-refractivity contribution in [3.63, 3.8) is 0 Å². The molecule has 4 rings (SSSR count). The van der Waals surface area contributed by atoms with Crippen LogP contribution in [0.15, 0.2) is 36.4 Å². The fourth-order valence-corrected chi connectivity index (χ4v) is 3.22. The van der Waals surface area contributed by atoms with Crippen LogP contribution in [0.5, 0.6) is 23.0 Å². The molecule has 2 aromatic carbocycles. The van der Waals surface area contributed by atoms with Crippen LogP contribution in [-0.4, -0.2) is 24.8 Å². The Morgan fingerprint density at radius 2 is 1.91 bits per heavy atom. The Bertz CT molecular complexity index is 753. The van der Waals surface area contributed by atoms with Crippen molar-refractivity contribution in [2.75, 3.05) is 13.9 Å². The number of fused-ring (bicyclic) bond motifs is 2. The van der Waals surface area contributed by atoms with Crippen molar-refractivity contribution in [3.8, 4) is 23.0 Å². The quantitative estimate of drug-likeness (QED) is 0.923. The third kappa shape index (κ3) is 2.47. The summed E-state index contributed by atoms with van der Waals surface area (Å²) in [6.07, 6.45) is 0.451. The monoisotopic (exact) mass is 314 g/mol. The number of hydrogen-bond donors (Lipinski definition) is 1. The highest BCUT2D eigenvalue weighted by Gasteiger charge is 2.38. The first-order valence-corrected chi connectivity index (χ1v) is 7.55. The van der Waals surface area contributed by atoms with Crippen LogP contribution >= 0.6 is 0 Å². The van der Waals surface area contributed by atoms with Gasteiger partial charge in [-0.2, -0.15) is 0 Å². The average Bonchev–Trinajstić information content (AvgIpc) is 2.98. The Labute approximate surface area is 134 Å². The van der Waals surface area contributed by atoms with Crippen molar-refractivity contribution in [1.29, 1.82) is 0 Å². The van der Waals surface area contributed by atoms with Gasteiger partial charge in [-0.25, -0.2) is 0 Å². The fraction of sp³-hybridized carbons (Fsp3) is 0.333. The Morgan fingerprint density at radius 1 is 1.13 bits per heavy atom. The zero-order valence-corrected chi connectivity index (χ0v) is 13.0. The molecule has 0 radical (unpaired) electrons. The Hall–Kier alpha value is -2.40. The van der Waals surface area contributed by atoms with Gasteiger partial charge in [0.25, 0.3) is 0 Å². The predicted octanol–water partition coefficient (Wildman–Crippen LogP) is 3.05. The highest BCUT2D eigenvalue weighted by atomic mass is 16.7. The third-order valence-electron chi connectivity index (χ3n) is 4.29. The van der Waals surface area contributed by atoms with E-state index >= 15 is 0 Å². The lowest BCUT2D eigenvalue weighted by atomic mass is 9.83. The lowest BCUT2D eigenvalue weighted by Crippen LogP contribution is -2.38. The number of benzene rings is 2. The van der Waals surface area contributed by atoms with Crippen LogP contribution in [0.4, 0.5) is 0 Å². The van der Waals surface area contributed by atoms with Gasteiger partial charge in [-0.05, 0) is 23.8 Å². The van der Waals surface area contributed by atoms with Gasteiger partial charge in [0.05, 0.1) is 7.11 Å². The second kappa shape index (κ2) is 5.06. The van der Waals surface area contributed by atoms with E-state index in [4.69, 9.17) is 18.9 Å². The van der Waals surface area contributed by atoms with Gasteiger partial charge < -0.3 is 24.1 Å². The smallest absolute Gasteiger partial charge is 0.231 e. The molecule has 0 aliphatic carbocycles. The predicted molar refractivity (Wildman–Crippen MR) is 83.3 cm³/mol. The molecular weight excluding hydrogens is 296 g/mol. The maximum Gasteiger partial charge on any atom is 0.231 e. The van der Waals surface area contributed by atoms with Crippen molar-refractivity contribution in [1.82, 2.24) is 0 Å². The van der Waals surface area contributed by atoms with Crippen molar-refractivity contribution in [2.45, 2.75) is 25.0 Å². The molecule has 0 spiro atoms. The molecule has 2 aliphatic rings.